The molecule has 0 spiro atoms. The molecule has 176 valence electrons. The van der Waals surface area contributed by atoms with Gasteiger partial charge in [0.25, 0.3) is 0 Å². The Hall–Kier alpha value is -3.29. The maximum atomic E-state index is 13.4. The predicted molar refractivity (Wildman–Crippen MR) is 135 cm³/mol. The van der Waals surface area contributed by atoms with E-state index >= 15 is 0 Å². The van der Waals surface area contributed by atoms with Crippen LogP contribution in [0.2, 0.25) is 0 Å². The van der Waals surface area contributed by atoms with E-state index in [1.165, 1.54) is 23.3 Å². The van der Waals surface area contributed by atoms with E-state index in [0.717, 1.165) is 54.6 Å². The van der Waals surface area contributed by atoms with Gasteiger partial charge >= 0.3 is 0 Å². The minimum atomic E-state index is -0.255. The summed E-state index contributed by atoms with van der Waals surface area (Å²) in [5, 5.41) is 7.62. The van der Waals surface area contributed by atoms with Crippen LogP contribution in [0.1, 0.15) is 28.6 Å². The van der Waals surface area contributed by atoms with E-state index in [9.17, 15) is 4.39 Å². The summed E-state index contributed by atoms with van der Waals surface area (Å²) in [4.78, 5) is 14.0. The zero-order valence-electron chi connectivity index (χ0n) is 19.3. The van der Waals surface area contributed by atoms with Crippen molar-refractivity contribution in [3.63, 3.8) is 0 Å². The molecule has 1 fully saturated rings. The Morgan fingerprint density at radius 1 is 0.882 bits per heavy atom. The second-order valence-electron chi connectivity index (χ2n) is 8.42. The fraction of sp³-hybridized carbons (Fsp3) is 0.269. The Morgan fingerprint density at radius 3 is 2.21 bits per heavy atom. The summed E-state index contributed by atoms with van der Waals surface area (Å²) in [6.07, 6.45) is 3.41. The molecular weight excluding hydrogens is 451 g/mol. The van der Waals surface area contributed by atoms with Gasteiger partial charge in [-0.3, -0.25) is 15.0 Å². The summed E-state index contributed by atoms with van der Waals surface area (Å²) in [6, 6.07) is 17.2. The van der Waals surface area contributed by atoms with Crippen molar-refractivity contribution in [3.05, 3.63) is 95.3 Å². The first-order chi connectivity index (χ1) is 16.1. The molecule has 1 unspecified atom stereocenters. The average molecular weight is 479 g/mol. The number of piperazine rings is 1. The summed E-state index contributed by atoms with van der Waals surface area (Å²) in [5.74, 6) is 0.588. The van der Waals surface area contributed by atoms with Crippen LogP contribution in [0.3, 0.4) is 0 Å². The molecular formula is C26H28ClFN6. The highest BCUT2D eigenvalue weighted by molar-refractivity contribution is 5.85. The summed E-state index contributed by atoms with van der Waals surface area (Å²) < 4.78 is 13.4. The van der Waals surface area contributed by atoms with Crippen LogP contribution in [0, 0.1) is 19.7 Å². The van der Waals surface area contributed by atoms with E-state index < -0.39 is 0 Å². The molecule has 8 heteroatoms. The average Bonchev–Trinajstić information content (AvgIpc) is 3.19. The monoisotopic (exact) mass is 478 g/mol. The van der Waals surface area contributed by atoms with Gasteiger partial charge < -0.3 is 4.90 Å². The highest BCUT2D eigenvalue weighted by Crippen LogP contribution is 2.34. The van der Waals surface area contributed by atoms with Crippen molar-refractivity contribution < 1.29 is 4.39 Å². The van der Waals surface area contributed by atoms with Crippen LogP contribution in [-0.4, -0.2) is 51.2 Å². The van der Waals surface area contributed by atoms with E-state index in [-0.39, 0.29) is 24.3 Å². The van der Waals surface area contributed by atoms with Crippen LogP contribution in [0.25, 0.3) is 11.3 Å². The summed E-state index contributed by atoms with van der Waals surface area (Å²) >= 11 is 0. The maximum Gasteiger partial charge on any atom is 0.155 e. The van der Waals surface area contributed by atoms with Crippen molar-refractivity contribution in [3.8, 4) is 11.3 Å². The third kappa shape index (κ3) is 4.67. The Labute approximate surface area is 205 Å². The van der Waals surface area contributed by atoms with Crippen molar-refractivity contribution >= 4 is 18.2 Å². The van der Waals surface area contributed by atoms with Gasteiger partial charge in [0.05, 0.1) is 11.7 Å². The van der Waals surface area contributed by atoms with Crippen molar-refractivity contribution in [2.24, 2.45) is 0 Å². The predicted octanol–water partition coefficient (Wildman–Crippen LogP) is 4.96. The lowest BCUT2D eigenvalue weighted by Gasteiger charge is -2.40. The minimum Gasteiger partial charge on any atom is -0.352 e. The second kappa shape index (κ2) is 10.3. The molecule has 0 aliphatic carbocycles. The molecule has 0 saturated carbocycles. The van der Waals surface area contributed by atoms with Crippen LogP contribution in [0.5, 0.6) is 0 Å². The van der Waals surface area contributed by atoms with Crippen molar-refractivity contribution in [2.45, 2.75) is 19.9 Å². The number of aromatic nitrogens is 4. The lowest BCUT2D eigenvalue weighted by molar-refractivity contribution is 0.211. The number of H-pyrrole nitrogens is 1. The minimum absolute atomic E-state index is 0. The molecule has 1 saturated heterocycles. The largest absolute Gasteiger partial charge is 0.352 e. The molecule has 1 N–H and O–H groups in total. The van der Waals surface area contributed by atoms with Gasteiger partial charge in [-0.05, 0) is 43.7 Å². The van der Waals surface area contributed by atoms with Gasteiger partial charge in [-0.1, -0.05) is 30.3 Å². The Morgan fingerprint density at radius 2 is 1.56 bits per heavy atom. The van der Waals surface area contributed by atoms with Gasteiger partial charge in [0.1, 0.15) is 11.5 Å². The number of anilines is 1. The Bertz CT molecular complexity index is 1200. The molecule has 1 aliphatic rings. The fourth-order valence-corrected chi connectivity index (χ4v) is 4.72. The van der Waals surface area contributed by atoms with Crippen molar-refractivity contribution in [1.29, 1.82) is 0 Å². The van der Waals surface area contributed by atoms with E-state index in [4.69, 9.17) is 0 Å². The molecule has 2 aromatic carbocycles. The SMILES string of the molecule is Cc1n[nH]c(C)c1C(c1ccccc1)N1CCN(c2nccnc2-c2ccc(F)cc2)CC1.Cl. The lowest BCUT2D eigenvalue weighted by atomic mass is 9.95. The molecule has 4 aromatic rings. The number of benzene rings is 2. The van der Waals surface area contributed by atoms with E-state index in [1.807, 2.05) is 0 Å². The number of hydrogen-bond acceptors (Lipinski definition) is 5. The zero-order valence-corrected chi connectivity index (χ0v) is 20.1. The van der Waals surface area contributed by atoms with Crippen LogP contribution < -0.4 is 4.90 Å². The highest BCUT2D eigenvalue weighted by atomic mass is 35.5. The first-order valence-electron chi connectivity index (χ1n) is 11.2. The Balaban J connectivity index is 0.00000274. The maximum absolute atomic E-state index is 13.4. The van der Waals surface area contributed by atoms with Crippen LogP contribution in [0.4, 0.5) is 10.2 Å². The molecule has 1 atom stereocenters. The first kappa shape index (κ1) is 23.9. The van der Waals surface area contributed by atoms with Crippen LogP contribution >= 0.6 is 12.4 Å². The van der Waals surface area contributed by atoms with E-state index in [1.54, 1.807) is 24.5 Å². The molecule has 6 nitrogen and oxygen atoms in total. The fourth-order valence-electron chi connectivity index (χ4n) is 4.72. The number of hydrogen-bond donors (Lipinski definition) is 1. The number of nitrogens with one attached hydrogen (secondary N) is 1. The van der Waals surface area contributed by atoms with Crippen LogP contribution in [0.15, 0.2) is 67.0 Å². The third-order valence-electron chi connectivity index (χ3n) is 6.35. The summed E-state index contributed by atoms with van der Waals surface area (Å²) in [6.45, 7) is 7.57. The third-order valence-corrected chi connectivity index (χ3v) is 6.35. The lowest BCUT2D eigenvalue weighted by Crippen LogP contribution is -2.48. The van der Waals surface area contributed by atoms with Gasteiger partial charge in [0.15, 0.2) is 5.82 Å². The quantitative estimate of drug-likeness (QED) is 0.439. The van der Waals surface area contributed by atoms with Crippen molar-refractivity contribution in [2.75, 3.05) is 31.1 Å². The van der Waals surface area contributed by atoms with Gasteiger partial charge in [-0.25, -0.2) is 9.37 Å². The van der Waals surface area contributed by atoms with Gasteiger partial charge in [-0.15, -0.1) is 12.4 Å². The number of aromatic amines is 1. The molecule has 2 aromatic heterocycles. The number of rotatable bonds is 5. The van der Waals surface area contributed by atoms with Gasteiger partial charge in [0, 0.05) is 55.4 Å². The molecule has 0 amide bonds. The number of halogens is 2. The van der Waals surface area contributed by atoms with E-state index in [2.05, 4.69) is 74.1 Å². The molecule has 5 rings (SSSR count). The number of aryl methyl sites for hydroxylation is 2. The number of nitrogens with zero attached hydrogens (tertiary/aromatic N) is 5. The van der Waals surface area contributed by atoms with Gasteiger partial charge in [-0.2, -0.15) is 5.10 Å². The second-order valence-corrected chi connectivity index (χ2v) is 8.42. The standard InChI is InChI=1S/C26H27FN6.ClH/c1-18-23(19(2)31-30-18)25(21-6-4-3-5-7-21)32-14-16-33(17-15-32)26-24(28-12-13-29-26)20-8-10-22(27)11-9-20;/h3-13,25H,14-17H2,1-2H3,(H,30,31);1H. The topological polar surface area (TPSA) is 60.9 Å². The zero-order chi connectivity index (χ0) is 22.8. The molecule has 0 radical (unpaired) electrons. The van der Waals surface area contributed by atoms with E-state index in [0.29, 0.717) is 0 Å². The normalized spacial score (nSPS) is 15.1. The molecule has 0 bridgehead atoms. The highest BCUT2D eigenvalue weighted by Gasteiger charge is 2.30. The smallest absolute Gasteiger partial charge is 0.155 e. The van der Waals surface area contributed by atoms with Crippen molar-refractivity contribution in [1.82, 2.24) is 25.1 Å². The molecule has 1 aliphatic heterocycles. The molecule has 34 heavy (non-hydrogen) atoms. The Kier molecular flexibility index (Phi) is 7.24. The first-order valence-corrected chi connectivity index (χ1v) is 11.2. The molecule has 3 heterocycles. The summed E-state index contributed by atoms with van der Waals surface area (Å²) in [5.41, 5.74) is 6.32. The van der Waals surface area contributed by atoms with Crippen LogP contribution in [-0.2, 0) is 0 Å². The summed E-state index contributed by atoms with van der Waals surface area (Å²) in [7, 11) is 0. The van der Waals surface area contributed by atoms with Gasteiger partial charge in [0.2, 0.25) is 0 Å².